The number of nitrogens with zero attached hydrogens (tertiary/aromatic N) is 3. The Balaban J connectivity index is 1.98. The van der Waals surface area contributed by atoms with Gasteiger partial charge in [0.1, 0.15) is 22.8 Å². The first kappa shape index (κ1) is 13.2. The normalized spacial score (nSPS) is 10.8. The molecule has 0 bridgehead atoms. The topological polar surface area (TPSA) is 98.9 Å². The van der Waals surface area contributed by atoms with Gasteiger partial charge in [0.05, 0.1) is 20.5 Å². The molecular formula is C14H15N5O2. The van der Waals surface area contributed by atoms with Crippen molar-refractivity contribution in [3.8, 4) is 11.5 Å². The SMILES string of the molecule is COc1ccc(Cc2nc(N)c3nc[nH]c3n2)c(OC)c1. The van der Waals surface area contributed by atoms with Crippen molar-refractivity contribution in [2.24, 2.45) is 0 Å². The lowest BCUT2D eigenvalue weighted by Crippen LogP contribution is -2.03. The van der Waals surface area contributed by atoms with E-state index in [0.29, 0.717) is 29.2 Å². The smallest absolute Gasteiger partial charge is 0.163 e. The highest BCUT2D eigenvalue weighted by Gasteiger charge is 2.11. The summed E-state index contributed by atoms with van der Waals surface area (Å²) in [6, 6.07) is 5.62. The fourth-order valence-corrected chi connectivity index (χ4v) is 2.15. The van der Waals surface area contributed by atoms with Crippen LogP contribution in [0.25, 0.3) is 11.2 Å². The van der Waals surface area contributed by atoms with Gasteiger partial charge in [0.15, 0.2) is 11.5 Å². The average Bonchev–Trinajstić information content (AvgIpc) is 2.96. The molecule has 0 aliphatic heterocycles. The van der Waals surface area contributed by atoms with Crippen molar-refractivity contribution in [3.63, 3.8) is 0 Å². The van der Waals surface area contributed by atoms with Crippen LogP contribution in [0.3, 0.4) is 0 Å². The Kier molecular flexibility index (Phi) is 3.31. The van der Waals surface area contributed by atoms with Crippen LogP contribution in [0.1, 0.15) is 11.4 Å². The van der Waals surface area contributed by atoms with Gasteiger partial charge in [-0.1, -0.05) is 6.07 Å². The number of anilines is 1. The van der Waals surface area contributed by atoms with E-state index in [-0.39, 0.29) is 0 Å². The maximum Gasteiger partial charge on any atom is 0.163 e. The second kappa shape index (κ2) is 5.28. The van der Waals surface area contributed by atoms with E-state index in [9.17, 15) is 0 Å². The predicted molar refractivity (Wildman–Crippen MR) is 78.4 cm³/mol. The molecule has 1 aromatic carbocycles. The molecule has 0 saturated heterocycles. The first-order chi connectivity index (χ1) is 10.2. The van der Waals surface area contributed by atoms with Gasteiger partial charge in [0.2, 0.25) is 0 Å². The maximum absolute atomic E-state index is 5.89. The van der Waals surface area contributed by atoms with Crippen molar-refractivity contribution in [1.82, 2.24) is 19.9 Å². The average molecular weight is 285 g/mol. The predicted octanol–water partition coefficient (Wildman–Crippen LogP) is 1.54. The van der Waals surface area contributed by atoms with Crippen LogP contribution in [0, 0.1) is 0 Å². The van der Waals surface area contributed by atoms with Crippen LogP contribution in [0.2, 0.25) is 0 Å². The largest absolute Gasteiger partial charge is 0.497 e. The molecule has 0 spiro atoms. The highest BCUT2D eigenvalue weighted by atomic mass is 16.5. The highest BCUT2D eigenvalue weighted by molar-refractivity contribution is 5.80. The Morgan fingerprint density at radius 3 is 2.81 bits per heavy atom. The molecule has 21 heavy (non-hydrogen) atoms. The quantitative estimate of drug-likeness (QED) is 0.754. The third-order valence-corrected chi connectivity index (χ3v) is 3.20. The minimum atomic E-state index is 0.365. The van der Waals surface area contributed by atoms with Gasteiger partial charge in [-0.2, -0.15) is 0 Å². The Bertz CT molecular complexity index is 784. The molecule has 2 heterocycles. The molecule has 0 saturated carbocycles. The number of aromatic amines is 1. The van der Waals surface area contributed by atoms with E-state index >= 15 is 0 Å². The first-order valence-corrected chi connectivity index (χ1v) is 6.37. The number of ether oxygens (including phenoxy) is 2. The number of nitrogen functional groups attached to an aromatic ring is 1. The van der Waals surface area contributed by atoms with E-state index in [1.807, 2.05) is 18.2 Å². The number of fused-ring (bicyclic) bond motifs is 1. The van der Waals surface area contributed by atoms with Crippen molar-refractivity contribution < 1.29 is 9.47 Å². The highest BCUT2D eigenvalue weighted by Crippen LogP contribution is 2.26. The summed E-state index contributed by atoms with van der Waals surface area (Å²) < 4.78 is 10.6. The maximum atomic E-state index is 5.89. The summed E-state index contributed by atoms with van der Waals surface area (Å²) in [5, 5.41) is 0. The summed E-state index contributed by atoms with van der Waals surface area (Å²) >= 11 is 0. The van der Waals surface area contributed by atoms with Gasteiger partial charge in [-0.3, -0.25) is 0 Å². The molecule has 0 amide bonds. The fraction of sp³-hybridized carbons (Fsp3) is 0.214. The third kappa shape index (κ3) is 2.45. The van der Waals surface area contributed by atoms with Gasteiger partial charge in [0, 0.05) is 18.1 Å². The number of hydrogen-bond acceptors (Lipinski definition) is 6. The van der Waals surface area contributed by atoms with E-state index in [1.54, 1.807) is 20.5 Å². The molecule has 108 valence electrons. The molecule has 0 unspecified atom stereocenters. The number of methoxy groups -OCH3 is 2. The molecule has 0 aliphatic rings. The molecule has 0 radical (unpaired) electrons. The molecule has 0 atom stereocenters. The Morgan fingerprint density at radius 2 is 2.05 bits per heavy atom. The molecule has 7 heteroatoms. The summed E-state index contributed by atoms with van der Waals surface area (Å²) in [6.45, 7) is 0. The van der Waals surface area contributed by atoms with E-state index < -0.39 is 0 Å². The number of hydrogen-bond donors (Lipinski definition) is 2. The van der Waals surface area contributed by atoms with Crippen molar-refractivity contribution in [1.29, 1.82) is 0 Å². The van der Waals surface area contributed by atoms with Gasteiger partial charge >= 0.3 is 0 Å². The van der Waals surface area contributed by atoms with E-state index in [0.717, 1.165) is 17.1 Å². The van der Waals surface area contributed by atoms with Gasteiger partial charge in [0.25, 0.3) is 0 Å². The van der Waals surface area contributed by atoms with Crippen LogP contribution in [0.15, 0.2) is 24.5 Å². The molecule has 3 N–H and O–H groups in total. The summed E-state index contributed by atoms with van der Waals surface area (Å²) in [5.74, 6) is 2.43. The number of rotatable bonds is 4. The monoisotopic (exact) mass is 285 g/mol. The van der Waals surface area contributed by atoms with Crippen LogP contribution < -0.4 is 15.2 Å². The van der Waals surface area contributed by atoms with Crippen molar-refractivity contribution in [2.45, 2.75) is 6.42 Å². The molecule has 3 rings (SSSR count). The lowest BCUT2D eigenvalue weighted by molar-refractivity contribution is 0.391. The minimum absolute atomic E-state index is 0.365. The van der Waals surface area contributed by atoms with E-state index in [4.69, 9.17) is 15.2 Å². The van der Waals surface area contributed by atoms with Crippen LogP contribution >= 0.6 is 0 Å². The van der Waals surface area contributed by atoms with Crippen molar-refractivity contribution in [3.05, 3.63) is 35.9 Å². The lowest BCUT2D eigenvalue weighted by Gasteiger charge is -2.10. The summed E-state index contributed by atoms with van der Waals surface area (Å²) in [6.07, 6.45) is 2.06. The number of imidazole rings is 1. The summed E-state index contributed by atoms with van der Waals surface area (Å²) in [5.41, 5.74) is 8.05. The number of H-pyrrole nitrogens is 1. The number of nitrogens with two attached hydrogens (primary N) is 1. The third-order valence-electron chi connectivity index (χ3n) is 3.20. The fourth-order valence-electron chi connectivity index (χ4n) is 2.15. The zero-order valence-electron chi connectivity index (χ0n) is 11.8. The summed E-state index contributed by atoms with van der Waals surface area (Å²) in [7, 11) is 3.23. The Hall–Kier alpha value is -2.83. The number of aromatic nitrogens is 4. The summed E-state index contributed by atoms with van der Waals surface area (Å²) in [4.78, 5) is 15.7. The zero-order chi connectivity index (χ0) is 14.8. The number of benzene rings is 1. The van der Waals surface area contributed by atoms with Gasteiger partial charge in [-0.15, -0.1) is 0 Å². The van der Waals surface area contributed by atoms with Crippen LogP contribution in [0.5, 0.6) is 11.5 Å². The van der Waals surface area contributed by atoms with Crippen LogP contribution in [0.4, 0.5) is 5.82 Å². The van der Waals surface area contributed by atoms with E-state index in [2.05, 4.69) is 19.9 Å². The molecule has 7 nitrogen and oxygen atoms in total. The van der Waals surface area contributed by atoms with Crippen LogP contribution in [-0.2, 0) is 6.42 Å². The van der Waals surface area contributed by atoms with Gasteiger partial charge < -0.3 is 20.2 Å². The Labute approximate surface area is 121 Å². The standard InChI is InChI=1S/C14H15N5O2/c1-20-9-4-3-8(10(6-9)21-2)5-11-18-13(15)12-14(19-11)17-7-16-12/h3-4,6-7H,5H2,1-2H3,(H3,15,16,17,18,19). The van der Waals surface area contributed by atoms with Crippen LogP contribution in [-0.4, -0.2) is 34.2 Å². The van der Waals surface area contributed by atoms with Crippen molar-refractivity contribution in [2.75, 3.05) is 20.0 Å². The lowest BCUT2D eigenvalue weighted by atomic mass is 10.1. The number of nitrogens with one attached hydrogen (secondary N) is 1. The van der Waals surface area contributed by atoms with Gasteiger partial charge in [-0.25, -0.2) is 15.0 Å². The Morgan fingerprint density at radius 1 is 1.19 bits per heavy atom. The zero-order valence-corrected chi connectivity index (χ0v) is 11.8. The molecular weight excluding hydrogens is 270 g/mol. The molecule has 0 fully saturated rings. The first-order valence-electron chi connectivity index (χ1n) is 6.37. The van der Waals surface area contributed by atoms with Gasteiger partial charge in [-0.05, 0) is 6.07 Å². The molecule has 3 aromatic rings. The second-order valence-corrected chi connectivity index (χ2v) is 4.48. The second-order valence-electron chi connectivity index (χ2n) is 4.48. The molecule has 0 aliphatic carbocycles. The molecule has 2 aromatic heterocycles. The van der Waals surface area contributed by atoms with Crippen molar-refractivity contribution >= 4 is 17.0 Å². The van der Waals surface area contributed by atoms with E-state index in [1.165, 1.54) is 0 Å². The minimum Gasteiger partial charge on any atom is -0.497 e.